The van der Waals surface area contributed by atoms with Crippen molar-refractivity contribution in [2.24, 2.45) is 0 Å². The van der Waals surface area contributed by atoms with Gasteiger partial charge in [0.1, 0.15) is 0 Å². The Morgan fingerprint density at radius 1 is 1.15 bits per heavy atom. The number of hydrogen-bond donors (Lipinski definition) is 1. The van der Waals surface area contributed by atoms with Crippen LogP contribution in [0.2, 0.25) is 0 Å². The molecule has 2 aromatic rings. The second-order valence-corrected chi connectivity index (χ2v) is 3.07. The Morgan fingerprint density at radius 3 is 2.54 bits per heavy atom. The Balaban J connectivity index is 2.34. The zero-order valence-electron chi connectivity index (χ0n) is 6.90. The third kappa shape index (κ3) is 1.65. The van der Waals surface area contributed by atoms with Crippen molar-refractivity contribution in [3.05, 3.63) is 53.9 Å². The summed E-state index contributed by atoms with van der Waals surface area (Å²) >= 11 is 5.27. The molecular weight excluding hydrogens is 180 g/mol. The van der Waals surface area contributed by atoms with E-state index in [1.807, 2.05) is 36.4 Å². The van der Waals surface area contributed by atoms with Crippen molar-refractivity contribution in [1.29, 1.82) is 0 Å². The van der Waals surface area contributed by atoms with Crippen molar-refractivity contribution >= 4 is 17.1 Å². The van der Waals surface area contributed by atoms with Gasteiger partial charge in [-0.2, -0.15) is 5.10 Å². The Kier molecular flexibility index (Phi) is 2.19. The third-order valence-corrected chi connectivity index (χ3v) is 2.24. The van der Waals surface area contributed by atoms with E-state index in [-0.39, 0.29) is 0 Å². The van der Waals surface area contributed by atoms with Crippen molar-refractivity contribution in [2.75, 3.05) is 0 Å². The van der Waals surface area contributed by atoms with E-state index in [4.69, 9.17) is 12.2 Å². The van der Waals surface area contributed by atoms with Gasteiger partial charge < -0.3 is 0 Å². The Morgan fingerprint density at radius 2 is 1.92 bits per heavy atom. The van der Waals surface area contributed by atoms with E-state index in [0.717, 1.165) is 16.1 Å². The minimum atomic E-state index is 0.804. The van der Waals surface area contributed by atoms with Gasteiger partial charge in [-0.15, -0.1) is 0 Å². The van der Waals surface area contributed by atoms with Crippen molar-refractivity contribution in [1.82, 2.24) is 10.2 Å². The van der Waals surface area contributed by atoms with Crippen LogP contribution in [0.1, 0.15) is 11.3 Å². The van der Waals surface area contributed by atoms with Gasteiger partial charge in [0.25, 0.3) is 0 Å². The van der Waals surface area contributed by atoms with Gasteiger partial charge >= 0.3 is 0 Å². The van der Waals surface area contributed by atoms with Crippen LogP contribution < -0.4 is 0 Å². The summed E-state index contributed by atoms with van der Waals surface area (Å²) in [5.74, 6) is 0. The van der Waals surface area contributed by atoms with Crippen molar-refractivity contribution in [3.8, 4) is 0 Å². The molecule has 0 unspecified atom stereocenters. The molecule has 0 saturated heterocycles. The highest BCUT2D eigenvalue weighted by molar-refractivity contribution is 7.81. The van der Waals surface area contributed by atoms with Gasteiger partial charge in [0.15, 0.2) is 0 Å². The molecule has 0 aliphatic rings. The predicted molar refractivity (Wildman–Crippen MR) is 55.8 cm³/mol. The maximum absolute atomic E-state index is 5.27. The Hall–Kier alpha value is -1.48. The van der Waals surface area contributed by atoms with Crippen molar-refractivity contribution in [2.45, 2.75) is 0 Å². The number of thiocarbonyl (C=S) groups is 1. The molecule has 1 heterocycles. The van der Waals surface area contributed by atoms with Gasteiger partial charge in [-0.05, 0) is 11.6 Å². The summed E-state index contributed by atoms with van der Waals surface area (Å²) in [4.78, 5) is 0.804. The van der Waals surface area contributed by atoms with Crippen LogP contribution in [0, 0.1) is 0 Å². The molecule has 13 heavy (non-hydrogen) atoms. The maximum atomic E-state index is 5.27. The second kappa shape index (κ2) is 3.49. The highest BCUT2D eigenvalue weighted by atomic mass is 32.1. The van der Waals surface area contributed by atoms with E-state index >= 15 is 0 Å². The molecule has 0 aliphatic carbocycles. The first-order valence-electron chi connectivity index (χ1n) is 3.97. The molecule has 0 saturated carbocycles. The highest BCUT2D eigenvalue weighted by Gasteiger charge is 2.03. The average Bonchev–Trinajstić information content (AvgIpc) is 2.71. The second-order valence-electron chi connectivity index (χ2n) is 2.67. The fraction of sp³-hybridized carbons (Fsp3) is 0. The van der Waals surface area contributed by atoms with E-state index in [9.17, 15) is 0 Å². The summed E-state index contributed by atoms with van der Waals surface area (Å²) < 4.78 is 0. The first-order chi connectivity index (χ1) is 6.38. The molecule has 1 aromatic heterocycles. The number of nitrogens with zero attached hydrogens (tertiary/aromatic N) is 1. The summed E-state index contributed by atoms with van der Waals surface area (Å²) in [7, 11) is 0. The molecule has 0 radical (unpaired) electrons. The van der Waals surface area contributed by atoms with E-state index in [0.29, 0.717) is 0 Å². The average molecular weight is 188 g/mol. The van der Waals surface area contributed by atoms with Crippen LogP contribution in [0.15, 0.2) is 42.6 Å². The molecule has 3 heteroatoms. The standard InChI is InChI=1S/C10H8N2S/c13-10(9-6-7-11-12-9)8-4-2-1-3-5-8/h1-7H,(H,11,12). The largest absolute Gasteiger partial charge is 0.277 e. The molecule has 1 N–H and O–H groups in total. The van der Waals surface area contributed by atoms with E-state index in [1.54, 1.807) is 6.20 Å². The molecular formula is C10H8N2S. The van der Waals surface area contributed by atoms with Crippen molar-refractivity contribution in [3.63, 3.8) is 0 Å². The van der Waals surface area contributed by atoms with Crippen molar-refractivity contribution < 1.29 is 0 Å². The number of aromatic nitrogens is 2. The fourth-order valence-electron chi connectivity index (χ4n) is 1.13. The van der Waals surface area contributed by atoms with Crippen LogP contribution in [-0.2, 0) is 0 Å². The number of aromatic amines is 1. The number of hydrogen-bond acceptors (Lipinski definition) is 2. The lowest BCUT2D eigenvalue weighted by Gasteiger charge is -1.99. The predicted octanol–water partition coefficient (Wildman–Crippen LogP) is 2.18. The van der Waals surface area contributed by atoms with Crippen LogP contribution in [0.25, 0.3) is 0 Å². The Bertz CT molecular complexity index is 392. The van der Waals surface area contributed by atoms with Crippen LogP contribution in [0.5, 0.6) is 0 Å². The van der Waals surface area contributed by atoms with E-state index in [1.165, 1.54) is 0 Å². The minimum absolute atomic E-state index is 0.804. The summed E-state index contributed by atoms with van der Waals surface area (Å²) in [6, 6.07) is 11.8. The summed E-state index contributed by atoms with van der Waals surface area (Å²) in [6.45, 7) is 0. The monoisotopic (exact) mass is 188 g/mol. The minimum Gasteiger partial charge on any atom is -0.277 e. The molecule has 0 spiro atoms. The lowest BCUT2D eigenvalue weighted by molar-refractivity contribution is 1.08. The number of H-pyrrole nitrogens is 1. The zero-order chi connectivity index (χ0) is 9.10. The van der Waals surface area contributed by atoms with E-state index in [2.05, 4.69) is 10.2 Å². The van der Waals surface area contributed by atoms with Crippen LogP contribution in [-0.4, -0.2) is 15.1 Å². The van der Waals surface area contributed by atoms with Gasteiger partial charge in [0.05, 0.1) is 10.6 Å². The molecule has 0 fully saturated rings. The molecule has 0 bridgehead atoms. The molecule has 2 nitrogen and oxygen atoms in total. The number of benzene rings is 1. The van der Waals surface area contributed by atoms with Gasteiger partial charge in [0.2, 0.25) is 0 Å². The normalized spacial score (nSPS) is 9.85. The van der Waals surface area contributed by atoms with Crippen LogP contribution in [0.3, 0.4) is 0 Å². The van der Waals surface area contributed by atoms with Gasteiger partial charge in [0, 0.05) is 6.20 Å². The molecule has 0 atom stereocenters. The summed E-state index contributed by atoms with van der Waals surface area (Å²) in [5.41, 5.74) is 1.93. The lowest BCUT2D eigenvalue weighted by Crippen LogP contribution is -1.99. The van der Waals surface area contributed by atoms with Crippen LogP contribution in [0.4, 0.5) is 0 Å². The van der Waals surface area contributed by atoms with Gasteiger partial charge in [-0.3, -0.25) is 5.10 Å². The first-order valence-corrected chi connectivity index (χ1v) is 4.38. The van der Waals surface area contributed by atoms with Crippen LogP contribution >= 0.6 is 12.2 Å². The number of rotatable bonds is 2. The molecule has 64 valence electrons. The zero-order valence-corrected chi connectivity index (χ0v) is 7.71. The Labute approximate surface area is 81.6 Å². The lowest BCUT2D eigenvalue weighted by atomic mass is 10.1. The molecule has 2 rings (SSSR count). The quantitative estimate of drug-likeness (QED) is 0.578. The highest BCUT2D eigenvalue weighted by Crippen LogP contribution is 2.07. The summed E-state index contributed by atoms with van der Waals surface area (Å²) in [5, 5.41) is 6.70. The van der Waals surface area contributed by atoms with E-state index < -0.39 is 0 Å². The topological polar surface area (TPSA) is 28.7 Å². The molecule has 1 aromatic carbocycles. The number of nitrogens with one attached hydrogen (secondary N) is 1. The van der Waals surface area contributed by atoms with Gasteiger partial charge in [-0.1, -0.05) is 42.5 Å². The SMILES string of the molecule is S=C(c1ccccc1)c1ccn[nH]1. The maximum Gasteiger partial charge on any atom is 0.0764 e. The third-order valence-electron chi connectivity index (χ3n) is 1.78. The smallest absolute Gasteiger partial charge is 0.0764 e. The molecule has 0 amide bonds. The fourth-order valence-corrected chi connectivity index (χ4v) is 1.38. The van der Waals surface area contributed by atoms with Gasteiger partial charge in [-0.25, -0.2) is 0 Å². The first kappa shape index (κ1) is 8.13. The summed E-state index contributed by atoms with van der Waals surface area (Å²) in [6.07, 6.45) is 1.70. The molecule has 0 aliphatic heterocycles.